The fraction of sp³-hybridized carbons (Fsp3) is 0.688. The van der Waals surface area contributed by atoms with Crippen molar-refractivity contribution in [3.63, 3.8) is 0 Å². The van der Waals surface area contributed by atoms with E-state index in [9.17, 15) is 19.2 Å². The first-order valence-electron chi connectivity index (χ1n) is 15.3. The molecule has 4 amide bonds. The second kappa shape index (κ2) is 17.8. The van der Waals surface area contributed by atoms with Crippen molar-refractivity contribution in [2.45, 2.75) is 99.7 Å². The molecule has 9 nitrogen and oxygen atoms in total. The average Bonchev–Trinajstić information content (AvgIpc) is 2.89. The van der Waals surface area contributed by atoms with Crippen LogP contribution in [0.25, 0.3) is 0 Å². The van der Waals surface area contributed by atoms with Crippen molar-refractivity contribution in [2.75, 3.05) is 26.2 Å². The van der Waals surface area contributed by atoms with Gasteiger partial charge in [0.05, 0.1) is 6.04 Å². The van der Waals surface area contributed by atoms with Gasteiger partial charge in [0.2, 0.25) is 11.8 Å². The number of amides is 4. The summed E-state index contributed by atoms with van der Waals surface area (Å²) in [7, 11) is 0. The first-order valence-corrected chi connectivity index (χ1v) is 15.3. The molecule has 0 saturated carbocycles. The maximum absolute atomic E-state index is 13.8. The molecule has 3 atom stereocenters. The number of nitrogens with zero attached hydrogens (tertiary/aromatic N) is 2. The topological polar surface area (TPSA) is 125 Å². The number of carbonyl (C=O) groups excluding carboxylic acids is 4. The number of benzene rings is 1. The van der Waals surface area contributed by atoms with Gasteiger partial charge in [-0.3, -0.25) is 19.2 Å². The van der Waals surface area contributed by atoms with E-state index < -0.39 is 12.1 Å². The van der Waals surface area contributed by atoms with Crippen LogP contribution in [0.5, 0.6) is 0 Å². The number of carbonyl (C=O) groups is 4. The van der Waals surface area contributed by atoms with Gasteiger partial charge in [-0.25, -0.2) is 0 Å². The Morgan fingerprint density at radius 1 is 0.805 bits per heavy atom. The lowest BCUT2D eigenvalue weighted by atomic mass is 9.99. The van der Waals surface area contributed by atoms with Crippen molar-refractivity contribution in [1.82, 2.24) is 20.4 Å². The van der Waals surface area contributed by atoms with Crippen LogP contribution >= 0.6 is 0 Å². The van der Waals surface area contributed by atoms with E-state index in [1.165, 1.54) is 0 Å². The van der Waals surface area contributed by atoms with Gasteiger partial charge in [-0.2, -0.15) is 0 Å². The number of nitrogens with two attached hydrogens (primary N) is 1. The Morgan fingerprint density at radius 3 is 1.88 bits per heavy atom. The molecule has 41 heavy (non-hydrogen) atoms. The maximum Gasteiger partial charge on any atom is 0.253 e. The molecule has 0 aliphatic rings. The summed E-state index contributed by atoms with van der Waals surface area (Å²) >= 11 is 0. The van der Waals surface area contributed by atoms with Crippen molar-refractivity contribution in [1.29, 1.82) is 0 Å². The molecular formula is C32H55N5O4. The van der Waals surface area contributed by atoms with E-state index in [0.717, 1.165) is 12.8 Å². The van der Waals surface area contributed by atoms with Crippen LogP contribution in [0.15, 0.2) is 24.3 Å². The SMILES string of the molecule is CCCN(CCC)C(=O)c1cccc(C(=O)NC(CC(C)C)CN(CC(C)C)C(=O)[C@@H](NC(=O)[C@H](C)N)C(C)C)c1. The molecule has 0 fully saturated rings. The fourth-order valence-corrected chi connectivity index (χ4v) is 4.80. The first kappa shape index (κ1) is 36.1. The second-order valence-corrected chi connectivity index (χ2v) is 12.3. The molecule has 9 heteroatoms. The van der Waals surface area contributed by atoms with Crippen molar-refractivity contribution < 1.29 is 19.2 Å². The van der Waals surface area contributed by atoms with E-state index in [4.69, 9.17) is 5.73 Å². The van der Waals surface area contributed by atoms with Crippen molar-refractivity contribution >= 4 is 23.6 Å². The van der Waals surface area contributed by atoms with E-state index in [2.05, 4.69) is 24.5 Å². The molecule has 1 rings (SSSR count). The molecule has 0 heterocycles. The van der Waals surface area contributed by atoms with Crippen molar-refractivity contribution in [3.8, 4) is 0 Å². The fourth-order valence-electron chi connectivity index (χ4n) is 4.80. The van der Waals surface area contributed by atoms with Gasteiger partial charge in [-0.05, 0) is 62.1 Å². The van der Waals surface area contributed by atoms with E-state index >= 15 is 0 Å². The minimum Gasteiger partial charge on any atom is -0.348 e. The minimum absolute atomic E-state index is 0.0793. The summed E-state index contributed by atoms with van der Waals surface area (Å²) in [5.41, 5.74) is 6.65. The summed E-state index contributed by atoms with van der Waals surface area (Å²) in [5, 5.41) is 5.95. The summed E-state index contributed by atoms with van der Waals surface area (Å²) in [6.07, 6.45) is 2.38. The van der Waals surface area contributed by atoms with E-state index in [1.54, 1.807) is 36.1 Å². The molecule has 4 N–H and O–H groups in total. The van der Waals surface area contributed by atoms with Crippen molar-refractivity contribution in [2.24, 2.45) is 23.5 Å². The number of hydrogen-bond donors (Lipinski definition) is 3. The van der Waals surface area contributed by atoms with Gasteiger partial charge in [-0.15, -0.1) is 0 Å². The van der Waals surface area contributed by atoms with Crippen LogP contribution in [-0.2, 0) is 9.59 Å². The van der Waals surface area contributed by atoms with Gasteiger partial charge >= 0.3 is 0 Å². The molecule has 0 radical (unpaired) electrons. The maximum atomic E-state index is 13.8. The lowest BCUT2D eigenvalue weighted by Crippen LogP contribution is -2.57. The van der Waals surface area contributed by atoms with Crippen LogP contribution in [0.3, 0.4) is 0 Å². The third kappa shape index (κ3) is 12.2. The highest BCUT2D eigenvalue weighted by molar-refractivity contribution is 5.99. The predicted molar refractivity (Wildman–Crippen MR) is 165 cm³/mol. The van der Waals surface area contributed by atoms with E-state index in [-0.39, 0.29) is 47.4 Å². The first-order chi connectivity index (χ1) is 19.2. The largest absolute Gasteiger partial charge is 0.348 e. The number of rotatable bonds is 17. The van der Waals surface area contributed by atoms with Crippen molar-refractivity contribution in [3.05, 3.63) is 35.4 Å². The van der Waals surface area contributed by atoms with Gasteiger partial charge in [0, 0.05) is 43.3 Å². The molecule has 0 aliphatic heterocycles. The molecule has 1 unspecified atom stereocenters. The lowest BCUT2D eigenvalue weighted by Gasteiger charge is -2.34. The third-order valence-corrected chi connectivity index (χ3v) is 6.72. The zero-order valence-electron chi connectivity index (χ0n) is 26.8. The Kier molecular flexibility index (Phi) is 15.6. The molecule has 0 aliphatic carbocycles. The van der Waals surface area contributed by atoms with E-state index in [1.807, 2.05) is 46.4 Å². The third-order valence-electron chi connectivity index (χ3n) is 6.72. The van der Waals surface area contributed by atoms with Crippen LogP contribution in [0.4, 0.5) is 0 Å². The Labute approximate surface area is 248 Å². The molecule has 232 valence electrons. The minimum atomic E-state index is -0.728. The normalized spacial score (nSPS) is 13.6. The van der Waals surface area contributed by atoms with Crippen LogP contribution < -0.4 is 16.4 Å². The van der Waals surface area contributed by atoms with Gasteiger partial charge in [0.15, 0.2) is 0 Å². The number of hydrogen-bond acceptors (Lipinski definition) is 5. The lowest BCUT2D eigenvalue weighted by molar-refractivity contribution is -0.138. The van der Waals surface area contributed by atoms with E-state index in [0.29, 0.717) is 43.7 Å². The van der Waals surface area contributed by atoms with Crippen LogP contribution in [0.1, 0.15) is 102 Å². The molecule has 1 aromatic carbocycles. The smallest absolute Gasteiger partial charge is 0.253 e. The van der Waals surface area contributed by atoms with Gasteiger partial charge in [0.1, 0.15) is 6.04 Å². The summed E-state index contributed by atoms with van der Waals surface area (Å²) in [4.78, 5) is 56.3. The summed E-state index contributed by atoms with van der Waals surface area (Å²) in [6.45, 7) is 19.8. The van der Waals surface area contributed by atoms with Crippen LogP contribution in [0.2, 0.25) is 0 Å². The Balaban J connectivity index is 3.23. The predicted octanol–water partition coefficient (Wildman–Crippen LogP) is 4.07. The summed E-state index contributed by atoms with van der Waals surface area (Å²) < 4.78 is 0. The van der Waals surface area contributed by atoms with Gasteiger partial charge in [0.25, 0.3) is 11.8 Å². The standard InChI is InChI=1S/C32H55N5O4/c1-10-15-36(16-11-2)31(40)26-14-12-13-25(18-26)30(39)34-27(17-21(3)4)20-37(19-22(5)6)32(41)28(23(7)8)35-29(38)24(9)33/h12-14,18,21-24,27-28H,10-11,15-17,19-20,33H2,1-9H3,(H,34,39)(H,35,38)/t24-,27?,28-/m0/s1. The highest BCUT2D eigenvalue weighted by atomic mass is 16.2. The summed E-state index contributed by atoms with van der Waals surface area (Å²) in [6, 6.07) is 5.06. The Bertz CT molecular complexity index is 986. The zero-order valence-corrected chi connectivity index (χ0v) is 26.8. The quantitative estimate of drug-likeness (QED) is 0.259. The molecule has 1 aromatic rings. The number of nitrogens with one attached hydrogen (secondary N) is 2. The van der Waals surface area contributed by atoms with Gasteiger partial charge < -0.3 is 26.2 Å². The molecule has 0 spiro atoms. The monoisotopic (exact) mass is 573 g/mol. The Morgan fingerprint density at radius 2 is 1.39 bits per heavy atom. The van der Waals surface area contributed by atoms with Gasteiger partial charge in [-0.1, -0.05) is 61.5 Å². The van der Waals surface area contributed by atoms with Crippen LogP contribution in [0, 0.1) is 17.8 Å². The average molecular weight is 574 g/mol. The highest BCUT2D eigenvalue weighted by Gasteiger charge is 2.31. The zero-order chi connectivity index (χ0) is 31.3. The molecular weight excluding hydrogens is 518 g/mol. The highest BCUT2D eigenvalue weighted by Crippen LogP contribution is 2.15. The molecule has 0 bridgehead atoms. The molecule has 0 saturated heterocycles. The Hall–Kier alpha value is -2.94. The second-order valence-electron chi connectivity index (χ2n) is 12.3. The van der Waals surface area contributed by atoms with Crippen LogP contribution in [-0.4, -0.2) is 77.7 Å². The molecule has 0 aromatic heterocycles. The summed E-state index contributed by atoms with van der Waals surface area (Å²) in [5.74, 6) is -0.625.